The molecule has 4 rings (SSSR count). The fraction of sp³-hybridized carbons (Fsp3) is 0.200. The van der Waals surface area contributed by atoms with E-state index in [4.69, 9.17) is 4.74 Å². The molecule has 0 spiro atoms. The highest BCUT2D eigenvalue weighted by atomic mass is 32.2. The monoisotopic (exact) mass is 393 g/mol. The van der Waals surface area contributed by atoms with Crippen LogP contribution in [0.1, 0.15) is 11.4 Å². The Bertz CT molecular complexity index is 1190. The molecule has 0 aliphatic rings. The molecule has 1 N–H and O–H groups in total. The normalized spacial score (nSPS) is 11.1. The first-order chi connectivity index (χ1) is 13.6. The van der Waals surface area contributed by atoms with Crippen molar-refractivity contribution in [2.45, 2.75) is 18.9 Å². The molecule has 0 saturated carbocycles. The van der Waals surface area contributed by atoms with Crippen molar-refractivity contribution in [2.24, 2.45) is 0 Å². The van der Waals surface area contributed by atoms with Crippen LogP contribution in [0.5, 0.6) is 5.75 Å². The summed E-state index contributed by atoms with van der Waals surface area (Å²) in [7, 11) is 1.58. The Labute approximate surface area is 166 Å². The first-order valence-corrected chi connectivity index (χ1v) is 9.73. The maximum Gasteiger partial charge on any atom is 0.234 e. The summed E-state index contributed by atoms with van der Waals surface area (Å²) in [5.74, 6) is 1.47. The molecule has 0 saturated heterocycles. The van der Waals surface area contributed by atoms with Crippen LogP contribution in [-0.4, -0.2) is 38.4 Å². The number of aryl methyl sites for hydroxylation is 2. The zero-order valence-corrected chi connectivity index (χ0v) is 16.6. The number of nitrogens with zero attached hydrogens (tertiary/aromatic N) is 4. The van der Waals surface area contributed by atoms with Gasteiger partial charge in [0.2, 0.25) is 5.91 Å². The third-order valence-electron chi connectivity index (χ3n) is 4.33. The van der Waals surface area contributed by atoms with Gasteiger partial charge in [0.05, 0.1) is 29.6 Å². The topological polar surface area (TPSA) is 81.4 Å². The van der Waals surface area contributed by atoms with Gasteiger partial charge in [-0.15, -0.1) is 10.2 Å². The Morgan fingerprint density at radius 3 is 2.82 bits per heavy atom. The van der Waals surface area contributed by atoms with Crippen LogP contribution in [-0.2, 0) is 4.79 Å². The van der Waals surface area contributed by atoms with Crippen LogP contribution in [0.2, 0.25) is 0 Å². The van der Waals surface area contributed by atoms with Crippen molar-refractivity contribution in [1.82, 2.24) is 19.6 Å². The molecule has 2 aromatic heterocycles. The fourth-order valence-corrected chi connectivity index (χ4v) is 3.80. The summed E-state index contributed by atoms with van der Waals surface area (Å²) in [6.45, 7) is 3.87. The smallest absolute Gasteiger partial charge is 0.234 e. The number of fused-ring (bicyclic) bond motifs is 3. The third kappa shape index (κ3) is 3.38. The van der Waals surface area contributed by atoms with Gasteiger partial charge in [0.15, 0.2) is 5.65 Å². The number of ether oxygens (including phenoxy) is 1. The largest absolute Gasteiger partial charge is 0.495 e. The Morgan fingerprint density at radius 1 is 1.18 bits per heavy atom. The van der Waals surface area contributed by atoms with Crippen LogP contribution in [0.15, 0.2) is 47.5 Å². The van der Waals surface area contributed by atoms with Crippen molar-refractivity contribution in [3.05, 3.63) is 53.9 Å². The molecule has 0 radical (unpaired) electrons. The number of anilines is 1. The number of hydrogen-bond donors (Lipinski definition) is 1. The lowest BCUT2D eigenvalue weighted by Gasteiger charge is -2.11. The van der Waals surface area contributed by atoms with E-state index in [0.717, 1.165) is 22.4 Å². The number of carbonyl (C=O) groups is 1. The predicted octanol–water partition coefficient (Wildman–Crippen LogP) is 3.63. The zero-order chi connectivity index (χ0) is 19.7. The predicted molar refractivity (Wildman–Crippen MR) is 110 cm³/mol. The molecule has 0 aliphatic carbocycles. The van der Waals surface area contributed by atoms with Crippen LogP contribution >= 0.6 is 11.8 Å². The highest BCUT2D eigenvalue weighted by Crippen LogP contribution is 2.28. The first-order valence-electron chi connectivity index (χ1n) is 8.74. The van der Waals surface area contributed by atoms with Gasteiger partial charge in [0, 0.05) is 0 Å². The number of amides is 1. The van der Waals surface area contributed by atoms with E-state index in [1.165, 1.54) is 11.8 Å². The number of benzene rings is 2. The van der Waals surface area contributed by atoms with Gasteiger partial charge in [-0.25, -0.2) is 4.98 Å². The summed E-state index contributed by atoms with van der Waals surface area (Å²) in [6.07, 6.45) is 0. The minimum atomic E-state index is -0.141. The van der Waals surface area contributed by atoms with Crippen molar-refractivity contribution in [3.8, 4) is 5.75 Å². The van der Waals surface area contributed by atoms with E-state index in [-0.39, 0.29) is 11.7 Å². The van der Waals surface area contributed by atoms with E-state index in [0.29, 0.717) is 22.1 Å². The molecule has 0 fully saturated rings. The lowest BCUT2D eigenvalue weighted by atomic mass is 10.2. The lowest BCUT2D eigenvalue weighted by Crippen LogP contribution is -2.15. The molecule has 7 nitrogen and oxygen atoms in total. The number of hydrogen-bond acceptors (Lipinski definition) is 6. The first kappa shape index (κ1) is 18.2. The minimum absolute atomic E-state index is 0.141. The molecule has 1 amide bonds. The Balaban J connectivity index is 1.59. The van der Waals surface area contributed by atoms with Crippen molar-refractivity contribution in [2.75, 3.05) is 18.2 Å². The quantitative estimate of drug-likeness (QED) is 0.522. The van der Waals surface area contributed by atoms with Gasteiger partial charge in [-0.2, -0.15) is 0 Å². The van der Waals surface area contributed by atoms with Gasteiger partial charge in [0.1, 0.15) is 16.6 Å². The molecule has 2 aromatic carbocycles. The van der Waals surface area contributed by atoms with Gasteiger partial charge < -0.3 is 10.1 Å². The molecule has 0 unspecified atom stereocenters. The van der Waals surface area contributed by atoms with Gasteiger partial charge >= 0.3 is 0 Å². The van der Waals surface area contributed by atoms with Gasteiger partial charge in [-0.05, 0) is 43.7 Å². The summed E-state index contributed by atoms with van der Waals surface area (Å²) >= 11 is 1.34. The number of nitrogens with one attached hydrogen (secondary N) is 1. The van der Waals surface area contributed by atoms with Crippen LogP contribution in [0.4, 0.5) is 5.69 Å². The average molecular weight is 393 g/mol. The van der Waals surface area contributed by atoms with Crippen molar-refractivity contribution >= 4 is 40.0 Å². The van der Waals surface area contributed by atoms with Crippen LogP contribution in [0.25, 0.3) is 16.7 Å². The molecule has 28 heavy (non-hydrogen) atoms. The van der Waals surface area contributed by atoms with E-state index in [2.05, 4.69) is 20.5 Å². The highest BCUT2D eigenvalue weighted by molar-refractivity contribution is 8.00. The maximum atomic E-state index is 12.5. The van der Waals surface area contributed by atoms with Crippen LogP contribution < -0.4 is 10.1 Å². The molecule has 0 bridgehead atoms. The molecular weight excluding hydrogens is 374 g/mol. The summed E-state index contributed by atoms with van der Waals surface area (Å²) in [5.41, 5.74) is 4.13. The van der Waals surface area contributed by atoms with Crippen LogP contribution in [0, 0.1) is 13.8 Å². The van der Waals surface area contributed by atoms with Crippen molar-refractivity contribution in [3.63, 3.8) is 0 Å². The molecule has 0 atom stereocenters. The molecule has 4 aromatic rings. The SMILES string of the molecule is COc1ccc(C)cc1NC(=O)CSc1nc2ccccc2n2c(C)nnc12. The van der Waals surface area contributed by atoms with E-state index in [1.807, 2.05) is 60.7 Å². The minimum Gasteiger partial charge on any atom is -0.495 e. The van der Waals surface area contributed by atoms with E-state index >= 15 is 0 Å². The lowest BCUT2D eigenvalue weighted by molar-refractivity contribution is -0.113. The Hall–Kier alpha value is -3.13. The molecule has 0 aliphatic heterocycles. The third-order valence-corrected chi connectivity index (χ3v) is 5.28. The van der Waals surface area contributed by atoms with Gasteiger partial charge in [-0.1, -0.05) is 30.0 Å². The fourth-order valence-electron chi connectivity index (χ4n) is 3.03. The van der Waals surface area contributed by atoms with Gasteiger partial charge in [-0.3, -0.25) is 9.20 Å². The summed E-state index contributed by atoms with van der Waals surface area (Å²) in [4.78, 5) is 17.2. The Morgan fingerprint density at radius 2 is 2.00 bits per heavy atom. The number of methoxy groups -OCH3 is 1. The number of thioether (sulfide) groups is 1. The maximum absolute atomic E-state index is 12.5. The number of aromatic nitrogens is 4. The summed E-state index contributed by atoms with van der Waals surface area (Å²) < 4.78 is 7.28. The van der Waals surface area contributed by atoms with E-state index in [9.17, 15) is 4.79 Å². The molecule has 142 valence electrons. The van der Waals surface area contributed by atoms with Crippen molar-refractivity contribution < 1.29 is 9.53 Å². The number of para-hydroxylation sites is 2. The number of carbonyl (C=O) groups excluding carboxylic acids is 1. The second kappa shape index (κ2) is 7.47. The molecular formula is C20H19N5O2S. The van der Waals surface area contributed by atoms with E-state index < -0.39 is 0 Å². The van der Waals surface area contributed by atoms with Crippen molar-refractivity contribution in [1.29, 1.82) is 0 Å². The standard InChI is InChI=1S/C20H19N5O2S/c1-12-8-9-17(27-3)15(10-12)21-18(26)11-28-20-19-24-23-13(2)25(19)16-7-5-4-6-14(16)22-20/h4-10H,11H2,1-3H3,(H,21,26). The average Bonchev–Trinajstić information content (AvgIpc) is 3.08. The molecule has 2 heterocycles. The summed E-state index contributed by atoms with van der Waals surface area (Å²) in [5, 5.41) is 12.0. The second-order valence-electron chi connectivity index (χ2n) is 6.35. The number of rotatable bonds is 5. The van der Waals surface area contributed by atoms with E-state index in [1.54, 1.807) is 7.11 Å². The van der Waals surface area contributed by atoms with Gasteiger partial charge in [0.25, 0.3) is 0 Å². The highest BCUT2D eigenvalue weighted by Gasteiger charge is 2.15. The molecule has 8 heteroatoms. The van der Waals surface area contributed by atoms with Crippen LogP contribution in [0.3, 0.4) is 0 Å². The zero-order valence-electron chi connectivity index (χ0n) is 15.8. The summed E-state index contributed by atoms with van der Waals surface area (Å²) in [6, 6.07) is 13.5. The Kier molecular flexibility index (Phi) is 4.87. The second-order valence-corrected chi connectivity index (χ2v) is 7.32.